The minimum Gasteiger partial charge on any atom is -0.345 e. The van der Waals surface area contributed by atoms with Crippen LogP contribution in [0.2, 0.25) is 0 Å². The fourth-order valence-electron chi connectivity index (χ4n) is 1.51. The summed E-state index contributed by atoms with van der Waals surface area (Å²) in [5.74, 6) is 0. The van der Waals surface area contributed by atoms with Crippen molar-refractivity contribution in [2.45, 2.75) is 13.8 Å². The first-order valence-electron chi connectivity index (χ1n) is 4.93. The lowest BCUT2D eigenvalue weighted by Crippen LogP contribution is -2.20. The summed E-state index contributed by atoms with van der Waals surface area (Å²) in [5, 5.41) is 4.47. The third-order valence-electron chi connectivity index (χ3n) is 2.36. The van der Waals surface area contributed by atoms with Crippen LogP contribution in [0.15, 0.2) is 24.3 Å². The van der Waals surface area contributed by atoms with E-state index in [1.165, 1.54) is 10.8 Å². The van der Waals surface area contributed by atoms with Crippen LogP contribution in [0.1, 0.15) is 13.8 Å². The third kappa shape index (κ3) is 1.46. The molecule has 0 atom stereocenters. The van der Waals surface area contributed by atoms with Gasteiger partial charge in [-0.2, -0.15) is 0 Å². The lowest BCUT2D eigenvalue weighted by Gasteiger charge is -1.87. The fourth-order valence-corrected chi connectivity index (χ4v) is 1.51. The van der Waals surface area contributed by atoms with E-state index < -0.39 is 0 Å². The molecule has 74 valence electrons. The number of aromatic nitrogens is 1. The van der Waals surface area contributed by atoms with Crippen molar-refractivity contribution in [2.24, 2.45) is 7.05 Å². The minimum atomic E-state index is 1.04. The zero-order chi connectivity index (χ0) is 10.7. The van der Waals surface area contributed by atoms with Gasteiger partial charge in [-0.05, 0) is 0 Å². The van der Waals surface area contributed by atoms with E-state index in [-0.39, 0.29) is 0 Å². The molecular formula is C13H17N. The highest BCUT2D eigenvalue weighted by Crippen LogP contribution is 2.03. The molecule has 1 heterocycles. The molecule has 1 heteroatoms. The zero-order valence-corrected chi connectivity index (χ0v) is 9.17. The highest BCUT2D eigenvalue weighted by molar-refractivity contribution is 5.83. The predicted molar refractivity (Wildman–Crippen MR) is 64.6 cm³/mol. The summed E-state index contributed by atoms with van der Waals surface area (Å²) in [7, 11) is 1.99. The summed E-state index contributed by atoms with van der Waals surface area (Å²) in [4.78, 5) is 0. The van der Waals surface area contributed by atoms with Crippen LogP contribution in [0.25, 0.3) is 23.9 Å². The van der Waals surface area contributed by atoms with Crippen molar-refractivity contribution in [1.29, 1.82) is 0 Å². The Hall–Kier alpha value is -1.50. The number of fused-ring (bicyclic) bond motifs is 1. The first-order valence-corrected chi connectivity index (χ1v) is 4.93. The quantitative estimate of drug-likeness (QED) is 0.594. The summed E-state index contributed by atoms with van der Waals surface area (Å²) in [6.45, 7) is 12.0. The van der Waals surface area contributed by atoms with Crippen LogP contribution in [-0.4, -0.2) is 4.57 Å². The van der Waals surface area contributed by atoms with Crippen LogP contribution in [0.3, 0.4) is 0 Å². The van der Waals surface area contributed by atoms with Gasteiger partial charge in [-0.25, -0.2) is 0 Å². The van der Waals surface area contributed by atoms with Gasteiger partial charge in [-0.15, -0.1) is 0 Å². The normalized spacial score (nSPS) is 9.64. The number of hydrogen-bond donors (Lipinski definition) is 0. The van der Waals surface area contributed by atoms with Gasteiger partial charge in [-0.3, -0.25) is 0 Å². The fraction of sp³-hybridized carbons (Fsp3) is 0.231. The van der Waals surface area contributed by atoms with E-state index in [4.69, 9.17) is 0 Å². The van der Waals surface area contributed by atoms with Crippen molar-refractivity contribution in [2.75, 3.05) is 0 Å². The lowest BCUT2D eigenvalue weighted by molar-refractivity contribution is 0.871. The number of rotatable bonds is 0. The van der Waals surface area contributed by atoms with E-state index in [1.807, 2.05) is 37.6 Å². The molecular weight excluding hydrogens is 170 g/mol. The Labute approximate surface area is 85.0 Å². The molecule has 14 heavy (non-hydrogen) atoms. The Morgan fingerprint density at radius 2 is 1.29 bits per heavy atom. The Morgan fingerprint density at radius 3 is 1.64 bits per heavy atom. The maximum Gasteiger partial charge on any atom is 0.0415 e. The van der Waals surface area contributed by atoms with Crippen LogP contribution in [0.4, 0.5) is 0 Å². The molecule has 0 saturated heterocycles. The monoisotopic (exact) mass is 187 g/mol. The largest absolute Gasteiger partial charge is 0.345 e. The highest BCUT2D eigenvalue weighted by atomic mass is 14.9. The maximum absolute atomic E-state index is 3.99. The summed E-state index contributed by atoms with van der Waals surface area (Å²) < 4.78 is 2.02. The SMILES string of the molecule is C=c1c2ccccc2c(=C)n1C.CC. The molecule has 0 saturated carbocycles. The Bertz CT molecular complexity index is 473. The first kappa shape index (κ1) is 10.6. The van der Waals surface area contributed by atoms with Gasteiger partial charge in [0.25, 0.3) is 0 Å². The van der Waals surface area contributed by atoms with Crippen molar-refractivity contribution in [3.63, 3.8) is 0 Å². The molecule has 0 aliphatic carbocycles. The van der Waals surface area contributed by atoms with Gasteiger partial charge < -0.3 is 4.57 Å². The van der Waals surface area contributed by atoms with Crippen LogP contribution in [0, 0.1) is 0 Å². The van der Waals surface area contributed by atoms with Crippen molar-refractivity contribution in [3.05, 3.63) is 35.0 Å². The van der Waals surface area contributed by atoms with Crippen LogP contribution in [-0.2, 0) is 7.05 Å². The van der Waals surface area contributed by atoms with Gasteiger partial charge >= 0.3 is 0 Å². The smallest absolute Gasteiger partial charge is 0.0415 e. The van der Waals surface area contributed by atoms with Crippen molar-refractivity contribution >= 4 is 23.9 Å². The van der Waals surface area contributed by atoms with E-state index in [2.05, 4.69) is 25.3 Å². The molecule has 0 fully saturated rings. The molecule has 2 aromatic rings. The van der Waals surface area contributed by atoms with Crippen LogP contribution in [0.5, 0.6) is 0 Å². The van der Waals surface area contributed by atoms with Crippen molar-refractivity contribution < 1.29 is 0 Å². The van der Waals surface area contributed by atoms with E-state index in [9.17, 15) is 0 Å². The lowest BCUT2D eigenvalue weighted by atomic mass is 10.2. The van der Waals surface area contributed by atoms with Gasteiger partial charge in [0.1, 0.15) is 0 Å². The van der Waals surface area contributed by atoms with E-state index >= 15 is 0 Å². The van der Waals surface area contributed by atoms with E-state index in [1.54, 1.807) is 0 Å². The molecule has 0 bridgehead atoms. The molecule has 0 spiro atoms. The molecule has 0 aliphatic rings. The number of hydrogen-bond acceptors (Lipinski definition) is 0. The van der Waals surface area contributed by atoms with Gasteiger partial charge in [-0.1, -0.05) is 51.3 Å². The Morgan fingerprint density at radius 1 is 0.929 bits per heavy atom. The molecule has 1 aromatic heterocycles. The minimum absolute atomic E-state index is 1.04. The van der Waals surface area contributed by atoms with E-state index in [0.29, 0.717) is 0 Å². The molecule has 0 N–H and O–H groups in total. The van der Waals surface area contributed by atoms with Gasteiger partial charge in [0, 0.05) is 28.5 Å². The van der Waals surface area contributed by atoms with Gasteiger partial charge in [0.05, 0.1) is 0 Å². The average Bonchev–Trinajstić information content (AvgIpc) is 2.48. The second-order valence-corrected chi connectivity index (χ2v) is 3.00. The summed E-state index contributed by atoms with van der Waals surface area (Å²) in [5.41, 5.74) is 0. The zero-order valence-electron chi connectivity index (χ0n) is 9.17. The summed E-state index contributed by atoms with van der Waals surface area (Å²) >= 11 is 0. The average molecular weight is 187 g/mol. The summed E-state index contributed by atoms with van der Waals surface area (Å²) in [6.07, 6.45) is 0. The molecule has 0 amide bonds. The Balaban J connectivity index is 0.000000461. The van der Waals surface area contributed by atoms with Gasteiger partial charge in [0.2, 0.25) is 0 Å². The maximum atomic E-state index is 3.99. The first-order chi connectivity index (χ1) is 6.72. The second kappa shape index (κ2) is 4.14. The molecule has 2 rings (SSSR count). The molecule has 1 nitrogen and oxygen atoms in total. The predicted octanol–water partition coefficient (Wildman–Crippen LogP) is 2.03. The van der Waals surface area contributed by atoms with E-state index in [0.717, 1.165) is 10.7 Å². The number of nitrogens with zero attached hydrogens (tertiary/aromatic N) is 1. The highest BCUT2D eigenvalue weighted by Gasteiger charge is 1.98. The topological polar surface area (TPSA) is 4.93 Å². The van der Waals surface area contributed by atoms with Crippen LogP contribution >= 0.6 is 0 Å². The summed E-state index contributed by atoms with van der Waals surface area (Å²) in [6, 6.07) is 8.20. The van der Waals surface area contributed by atoms with Crippen molar-refractivity contribution in [3.8, 4) is 0 Å². The molecule has 0 radical (unpaired) electrons. The standard InChI is InChI=1S/C11H11N.C2H6/c1-8-10-6-4-5-7-11(10)9(2)12(8)3;1-2/h4-7H,1-2H2,3H3;1-2H3. The third-order valence-corrected chi connectivity index (χ3v) is 2.36. The number of benzene rings is 1. The van der Waals surface area contributed by atoms with Crippen LogP contribution < -0.4 is 10.7 Å². The van der Waals surface area contributed by atoms with Crippen molar-refractivity contribution in [1.82, 2.24) is 4.57 Å². The van der Waals surface area contributed by atoms with Gasteiger partial charge in [0.15, 0.2) is 0 Å². The molecule has 0 aliphatic heterocycles. The second-order valence-electron chi connectivity index (χ2n) is 3.00. The molecule has 1 aromatic carbocycles. The molecule has 0 unspecified atom stereocenters. The Kier molecular flexibility index (Phi) is 3.13.